The number of hydrogen-bond acceptors (Lipinski definition) is 16. The van der Waals surface area contributed by atoms with Gasteiger partial charge in [0.1, 0.15) is 5.60 Å². The molecule has 0 bridgehead atoms. The van der Waals surface area contributed by atoms with Crippen LogP contribution in [-0.2, 0) is 47.9 Å². The number of carbonyl (C=O) groups excluding carboxylic acids is 10. The smallest absolute Gasteiger partial charge is 0.407 e. The number of nitrogens with zero attached hydrogens (tertiary/aromatic N) is 5. The number of amides is 10. The molecule has 0 saturated heterocycles. The average Bonchev–Trinajstić information content (AvgIpc) is 3.62. The molecule has 10 amide bonds. The number of likely N-dealkylation sites (N-methyl/N-ethyl adjacent to an activating group) is 1. The van der Waals surface area contributed by atoms with Gasteiger partial charge in [-0.05, 0) is 160 Å². The highest BCUT2D eigenvalue weighted by Gasteiger charge is 2.24. The molecule has 0 rings (SSSR count). The predicted molar refractivity (Wildman–Crippen MR) is 337 cm³/mol. The molecule has 0 fully saturated rings. The van der Waals surface area contributed by atoms with Gasteiger partial charge in [0, 0.05) is 104 Å². The van der Waals surface area contributed by atoms with E-state index in [1.54, 1.807) is 25.7 Å². The van der Waals surface area contributed by atoms with Crippen molar-refractivity contribution in [2.24, 2.45) is 0 Å². The Labute approximate surface area is 515 Å². The van der Waals surface area contributed by atoms with Crippen LogP contribution in [0.4, 0.5) is 4.79 Å². The predicted octanol–water partition coefficient (Wildman–Crippen LogP) is 1.04. The van der Waals surface area contributed by atoms with Crippen LogP contribution in [0, 0.1) is 0 Å². The largest absolute Gasteiger partial charge is 0.444 e. The summed E-state index contributed by atoms with van der Waals surface area (Å²) in [4.78, 5) is 140. The van der Waals surface area contributed by atoms with E-state index in [-0.39, 0.29) is 146 Å². The molecule has 26 heteroatoms. The van der Waals surface area contributed by atoms with E-state index >= 15 is 0 Å². The van der Waals surface area contributed by atoms with E-state index in [2.05, 4.69) is 53.2 Å². The lowest BCUT2D eigenvalue weighted by Crippen LogP contribution is -2.49. The molecule has 498 valence electrons. The fourth-order valence-corrected chi connectivity index (χ4v) is 9.04. The van der Waals surface area contributed by atoms with Gasteiger partial charge in [-0.1, -0.05) is 32.1 Å². The quantitative estimate of drug-likeness (QED) is 0.0381. The summed E-state index contributed by atoms with van der Waals surface area (Å²) >= 11 is 0. The van der Waals surface area contributed by atoms with E-state index < -0.39 is 29.4 Å². The highest BCUT2D eigenvalue weighted by atomic mass is 16.6. The van der Waals surface area contributed by atoms with Crippen molar-refractivity contribution >= 4 is 59.3 Å². The molecule has 0 atom stereocenters. The maximum Gasteiger partial charge on any atom is 0.407 e. The Balaban J connectivity index is 5.99. The first-order valence-corrected chi connectivity index (χ1v) is 31.9. The van der Waals surface area contributed by atoms with Gasteiger partial charge >= 0.3 is 6.09 Å². The zero-order valence-corrected chi connectivity index (χ0v) is 54.5. The van der Waals surface area contributed by atoms with Gasteiger partial charge in [-0.2, -0.15) is 0 Å². The second-order valence-electron chi connectivity index (χ2n) is 22.6. The molecule has 10 N–H and O–H groups in total. The highest BCUT2D eigenvalue weighted by Crippen LogP contribution is 2.10. The van der Waals surface area contributed by atoms with Crippen LogP contribution >= 0.6 is 0 Å². The zero-order chi connectivity index (χ0) is 64.2. The van der Waals surface area contributed by atoms with Crippen LogP contribution in [0.15, 0.2) is 0 Å². The second kappa shape index (κ2) is 52.4. The Bertz CT molecular complexity index is 1910. The molecule has 0 aromatic carbocycles. The minimum Gasteiger partial charge on any atom is -0.444 e. The fraction of sp³-hybridized carbons (Fsp3) is 0.833. The molecule has 26 nitrogen and oxygen atoms in total. The third-order valence-electron chi connectivity index (χ3n) is 13.9. The molecule has 0 aliphatic carbocycles. The lowest BCUT2D eigenvalue weighted by Gasteiger charge is -2.26. The molecular weight excluding hydrogens is 1110 g/mol. The first-order valence-electron chi connectivity index (χ1n) is 31.9. The van der Waals surface area contributed by atoms with E-state index in [4.69, 9.17) is 4.74 Å². The van der Waals surface area contributed by atoms with E-state index in [1.807, 2.05) is 42.2 Å². The summed E-state index contributed by atoms with van der Waals surface area (Å²) in [5.74, 6) is -2.88. The van der Waals surface area contributed by atoms with Crippen molar-refractivity contribution in [2.45, 2.75) is 162 Å². The summed E-state index contributed by atoms with van der Waals surface area (Å²) in [5.41, 5.74) is -0.717. The van der Waals surface area contributed by atoms with E-state index in [9.17, 15) is 47.9 Å². The number of hydrogen-bond donors (Lipinski definition) is 10. The minimum atomic E-state index is -0.717. The number of unbranched alkanes of at least 4 members (excludes halogenated alkanes) is 10. The van der Waals surface area contributed by atoms with Gasteiger partial charge in [-0.25, -0.2) is 4.79 Å². The average molecular weight is 1220 g/mol. The van der Waals surface area contributed by atoms with Crippen molar-refractivity contribution in [3.05, 3.63) is 0 Å². The SMILES string of the molecule is CCN(CCNC(=O)CN(CCNC(=O)CN(CCNC(=O)CN(CCNC(=O)CN(CCNC(=O)OC(C)(C)C)C(=O)CCCCCNC)C(=O)CCCCCNC)C(=O)CCCCCNC)C(=O)CCCCCNC)C(=O)CCCCCNC. The molecule has 0 aromatic rings. The van der Waals surface area contributed by atoms with Crippen molar-refractivity contribution < 1.29 is 52.7 Å². The van der Waals surface area contributed by atoms with Crippen LogP contribution in [0.5, 0.6) is 0 Å². The van der Waals surface area contributed by atoms with E-state index in [1.165, 1.54) is 19.6 Å². The maximum absolute atomic E-state index is 13.7. The molecule has 0 radical (unpaired) electrons. The number of carbonyl (C=O) groups is 10. The Kier molecular flexibility index (Phi) is 49.0. The number of alkyl carbamates (subject to hydrolysis) is 1. The van der Waals surface area contributed by atoms with Crippen LogP contribution in [0.2, 0.25) is 0 Å². The van der Waals surface area contributed by atoms with Gasteiger partial charge in [-0.15, -0.1) is 0 Å². The minimum absolute atomic E-state index is 0.00530. The van der Waals surface area contributed by atoms with Crippen LogP contribution in [0.1, 0.15) is 156 Å². The summed E-state index contributed by atoms with van der Waals surface area (Å²) in [6.07, 6.45) is 12.4. The molecule has 0 unspecified atom stereocenters. The van der Waals surface area contributed by atoms with E-state index in [0.717, 1.165) is 103 Å². The van der Waals surface area contributed by atoms with Gasteiger partial charge in [0.05, 0.1) is 26.2 Å². The highest BCUT2D eigenvalue weighted by molar-refractivity contribution is 5.87. The summed E-state index contributed by atoms with van der Waals surface area (Å²) in [5, 5.41) is 29.4. The molecule has 0 aliphatic rings. The summed E-state index contributed by atoms with van der Waals surface area (Å²) in [6.45, 7) is 11.2. The number of rotatable bonds is 54. The Morgan fingerprint density at radius 3 is 0.744 bits per heavy atom. The third kappa shape index (κ3) is 44.7. The lowest BCUT2D eigenvalue weighted by molar-refractivity contribution is -0.137. The van der Waals surface area contributed by atoms with Crippen LogP contribution in [-0.4, -0.2) is 255 Å². The van der Waals surface area contributed by atoms with Gasteiger partial charge in [-0.3, -0.25) is 43.2 Å². The maximum atomic E-state index is 13.7. The van der Waals surface area contributed by atoms with Crippen LogP contribution in [0.3, 0.4) is 0 Å². The number of ether oxygens (including phenoxy) is 1. The fourth-order valence-electron chi connectivity index (χ4n) is 9.04. The summed E-state index contributed by atoms with van der Waals surface area (Å²) in [6, 6.07) is 0. The molecule has 86 heavy (non-hydrogen) atoms. The normalized spacial score (nSPS) is 11.1. The van der Waals surface area contributed by atoms with Gasteiger partial charge < -0.3 is 82.4 Å². The summed E-state index contributed by atoms with van der Waals surface area (Å²) < 4.78 is 5.32. The van der Waals surface area contributed by atoms with Crippen LogP contribution in [0.25, 0.3) is 0 Å². The van der Waals surface area contributed by atoms with Crippen molar-refractivity contribution in [2.75, 3.05) is 166 Å². The zero-order valence-electron chi connectivity index (χ0n) is 54.5. The first kappa shape index (κ1) is 80.3. The Hall–Kier alpha value is -5.70. The van der Waals surface area contributed by atoms with Crippen molar-refractivity contribution in [1.82, 2.24) is 77.7 Å². The van der Waals surface area contributed by atoms with Crippen LogP contribution < -0.4 is 53.2 Å². The molecule has 0 aliphatic heterocycles. The second-order valence-corrected chi connectivity index (χ2v) is 22.6. The van der Waals surface area contributed by atoms with Gasteiger partial charge in [0.25, 0.3) is 0 Å². The topological polar surface area (TPSA) is 316 Å². The van der Waals surface area contributed by atoms with Gasteiger partial charge in [0.2, 0.25) is 53.2 Å². The van der Waals surface area contributed by atoms with Crippen molar-refractivity contribution in [3.63, 3.8) is 0 Å². The molecule has 0 aromatic heterocycles. The first-order chi connectivity index (χ1) is 41.2. The molecule has 0 heterocycles. The molecule has 0 spiro atoms. The third-order valence-corrected chi connectivity index (χ3v) is 13.9. The summed E-state index contributed by atoms with van der Waals surface area (Å²) in [7, 11) is 9.33. The number of nitrogens with one attached hydrogen (secondary N) is 10. The monoisotopic (exact) mass is 1220 g/mol. The molecule has 0 saturated carbocycles. The van der Waals surface area contributed by atoms with Crippen molar-refractivity contribution in [1.29, 1.82) is 0 Å². The Morgan fingerprint density at radius 1 is 0.302 bits per heavy atom. The van der Waals surface area contributed by atoms with Crippen molar-refractivity contribution in [3.8, 4) is 0 Å². The lowest BCUT2D eigenvalue weighted by atomic mass is 10.1. The standard InChI is InChI=1S/C60H117N15O11/c1-10-71(54(80)26-16-11-21-31-61-5)41-36-66-50(76)46-72(55(81)27-17-12-22-32-62-6)42-37-67-51(77)47-73(56(82)28-18-13-23-33-63-7)43-38-68-52(78)48-74(57(83)29-19-14-24-34-64-8)44-39-69-53(79)49-75(58(84)30-20-15-25-35-65-9)45-40-70-59(85)86-60(2,3)4/h61-65H,10-49H2,1-9H3,(H,66,76)(H,67,77)(H,68,78)(H,69,79)(H,70,85). The molecular formula is C60H117N15O11. The van der Waals surface area contributed by atoms with Gasteiger partial charge in [0.15, 0.2) is 0 Å². The van der Waals surface area contributed by atoms with E-state index in [0.29, 0.717) is 45.2 Å². The Morgan fingerprint density at radius 2 is 0.523 bits per heavy atom.